The van der Waals surface area contributed by atoms with E-state index in [9.17, 15) is 18.4 Å². The largest absolute Gasteiger partial charge is 0.381 e. The molecule has 1 aromatic carbocycles. The number of rotatable bonds is 5. The molecule has 1 aromatic heterocycles. The van der Waals surface area contributed by atoms with Crippen LogP contribution in [-0.4, -0.2) is 47.7 Å². The average Bonchev–Trinajstić information content (AvgIpc) is 3.25. The van der Waals surface area contributed by atoms with Gasteiger partial charge in [-0.25, -0.2) is 8.78 Å². The van der Waals surface area contributed by atoms with Gasteiger partial charge in [0.25, 0.3) is 5.91 Å². The summed E-state index contributed by atoms with van der Waals surface area (Å²) in [6.45, 7) is 7.99. The lowest BCUT2D eigenvalue weighted by Crippen LogP contribution is -2.50. The van der Waals surface area contributed by atoms with E-state index in [-0.39, 0.29) is 28.7 Å². The lowest BCUT2D eigenvalue weighted by molar-refractivity contribution is -0.128. The number of carbonyl (C=O) groups excluding carboxylic acids is 2. The van der Waals surface area contributed by atoms with Crippen LogP contribution in [0.2, 0.25) is 0 Å². The predicted molar refractivity (Wildman–Crippen MR) is 111 cm³/mol. The number of likely N-dealkylation sites (tertiary alicyclic amines) is 1. The minimum atomic E-state index is -0.756. The van der Waals surface area contributed by atoms with Gasteiger partial charge in [0, 0.05) is 23.6 Å². The molecule has 0 bridgehead atoms. The Morgan fingerprint density at radius 2 is 1.91 bits per heavy atom. The second-order valence-corrected chi connectivity index (χ2v) is 8.94. The highest BCUT2D eigenvalue weighted by molar-refractivity contribution is 5.97. The smallest absolute Gasteiger partial charge is 0.293 e. The summed E-state index contributed by atoms with van der Waals surface area (Å²) in [4.78, 5) is 27.9. The van der Waals surface area contributed by atoms with Gasteiger partial charge in [-0.1, -0.05) is 12.1 Å². The van der Waals surface area contributed by atoms with Crippen molar-refractivity contribution in [3.05, 3.63) is 51.9 Å². The Kier molecular flexibility index (Phi) is 6.03. The predicted octanol–water partition coefficient (Wildman–Crippen LogP) is 3.23. The molecule has 2 amide bonds. The van der Waals surface area contributed by atoms with Gasteiger partial charge in [0.15, 0.2) is 0 Å². The van der Waals surface area contributed by atoms with Crippen molar-refractivity contribution >= 4 is 11.8 Å². The Bertz CT molecular complexity index is 1050. The molecule has 2 fully saturated rings. The van der Waals surface area contributed by atoms with Gasteiger partial charge in [0.1, 0.15) is 17.7 Å². The van der Waals surface area contributed by atoms with Crippen molar-refractivity contribution in [3.63, 3.8) is 0 Å². The fourth-order valence-corrected chi connectivity index (χ4v) is 4.31. The van der Waals surface area contributed by atoms with Crippen LogP contribution < -0.4 is 5.32 Å². The molecule has 4 rings (SSSR count). The van der Waals surface area contributed by atoms with Gasteiger partial charge in [-0.05, 0) is 50.8 Å². The van der Waals surface area contributed by atoms with Gasteiger partial charge < -0.3 is 19.5 Å². The van der Waals surface area contributed by atoms with E-state index >= 15 is 0 Å². The topological polar surface area (TPSA) is 84.7 Å². The molecule has 7 nitrogen and oxygen atoms in total. The van der Waals surface area contributed by atoms with Gasteiger partial charge in [-0.2, -0.15) is 0 Å². The maximum absolute atomic E-state index is 14.7. The highest BCUT2D eigenvalue weighted by Crippen LogP contribution is 2.33. The van der Waals surface area contributed by atoms with Gasteiger partial charge in [0.2, 0.25) is 11.7 Å². The molecule has 3 heterocycles. The molecule has 0 spiro atoms. The number of ether oxygens (including phenoxy) is 1. The number of nitrogens with one attached hydrogen (secondary N) is 1. The van der Waals surface area contributed by atoms with E-state index in [2.05, 4.69) is 10.5 Å². The lowest BCUT2D eigenvalue weighted by atomic mass is 9.90. The molecule has 2 aromatic rings. The summed E-state index contributed by atoms with van der Waals surface area (Å²) in [6.07, 6.45) is 0.461. The van der Waals surface area contributed by atoms with Crippen molar-refractivity contribution in [2.24, 2.45) is 11.8 Å². The van der Waals surface area contributed by atoms with E-state index in [1.54, 1.807) is 13.8 Å². The summed E-state index contributed by atoms with van der Waals surface area (Å²) in [5.74, 6) is -1.90. The first kappa shape index (κ1) is 22.4. The number of nitrogens with zero attached hydrogens (tertiary/aromatic N) is 2. The number of aryl methyl sites for hydroxylation is 2. The molecule has 2 aliphatic rings. The Morgan fingerprint density at radius 1 is 1.19 bits per heavy atom. The van der Waals surface area contributed by atoms with Gasteiger partial charge >= 0.3 is 0 Å². The van der Waals surface area contributed by atoms with Crippen LogP contribution in [0.4, 0.5) is 8.78 Å². The first-order valence-electron chi connectivity index (χ1n) is 10.7. The summed E-state index contributed by atoms with van der Waals surface area (Å²) < 4.78 is 39.4. The first-order chi connectivity index (χ1) is 15.2. The third-order valence-electron chi connectivity index (χ3n) is 6.47. The van der Waals surface area contributed by atoms with Crippen molar-refractivity contribution in [1.82, 2.24) is 15.4 Å². The van der Waals surface area contributed by atoms with Crippen LogP contribution in [0, 0.1) is 44.2 Å². The van der Waals surface area contributed by atoms with Gasteiger partial charge in [0.05, 0.1) is 24.9 Å². The zero-order chi connectivity index (χ0) is 23.2. The third-order valence-corrected chi connectivity index (χ3v) is 6.47. The highest BCUT2D eigenvalue weighted by Gasteiger charge is 2.42. The average molecular weight is 447 g/mol. The third kappa shape index (κ3) is 4.01. The molecule has 9 heteroatoms. The van der Waals surface area contributed by atoms with E-state index in [0.717, 1.165) is 12.1 Å². The van der Waals surface area contributed by atoms with Crippen LogP contribution in [0.15, 0.2) is 16.7 Å². The monoisotopic (exact) mass is 447 g/mol. The van der Waals surface area contributed by atoms with Crippen LogP contribution in [-0.2, 0) is 9.53 Å². The van der Waals surface area contributed by atoms with Gasteiger partial charge in [-0.15, -0.1) is 0 Å². The Balaban J connectivity index is 1.59. The Labute approximate surface area is 185 Å². The summed E-state index contributed by atoms with van der Waals surface area (Å²) >= 11 is 0. The fraction of sp³-hybridized carbons (Fsp3) is 0.522. The molecule has 3 atom stereocenters. The normalized spacial score (nSPS) is 22.0. The van der Waals surface area contributed by atoms with Crippen LogP contribution in [0.25, 0.3) is 0 Å². The standard InChI is InChI=1S/C23H27F2N3O4/c1-11-5-19(28(8-11)23(30)21-13(3)14(4)27-32-21)22(29)26-20(15-9-31-10-15)16-7-17(24)12(2)6-18(16)25/h6-7,11,15,19-20H,5,8-10H2,1-4H3,(H,26,29)/t11-,19-,20-/m1/s1. The molecular formula is C23H27F2N3O4. The molecule has 0 unspecified atom stereocenters. The van der Waals surface area contributed by atoms with Crippen LogP contribution in [0.1, 0.15) is 52.3 Å². The quantitative estimate of drug-likeness (QED) is 0.761. The van der Waals surface area contributed by atoms with Crippen molar-refractivity contribution in [2.45, 2.75) is 46.2 Å². The number of hydrogen-bond acceptors (Lipinski definition) is 5. The van der Waals surface area contributed by atoms with E-state index in [4.69, 9.17) is 9.26 Å². The first-order valence-corrected chi connectivity index (χ1v) is 10.7. The number of carbonyl (C=O) groups is 2. The number of benzene rings is 1. The maximum atomic E-state index is 14.7. The van der Waals surface area contributed by atoms with E-state index in [1.807, 2.05) is 6.92 Å². The Morgan fingerprint density at radius 3 is 2.50 bits per heavy atom. The SMILES string of the molecule is Cc1cc(F)c([C@H](NC(=O)[C@H]2C[C@@H](C)CN2C(=O)c2onc(C)c2C)C2COC2)cc1F. The zero-order valence-electron chi connectivity index (χ0n) is 18.6. The molecule has 32 heavy (non-hydrogen) atoms. The lowest BCUT2D eigenvalue weighted by Gasteiger charge is -2.36. The van der Waals surface area contributed by atoms with Crippen LogP contribution in [0.5, 0.6) is 0 Å². The molecule has 1 N–H and O–H groups in total. The fourth-order valence-electron chi connectivity index (χ4n) is 4.31. The second-order valence-electron chi connectivity index (χ2n) is 8.94. The minimum Gasteiger partial charge on any atom is -0.381 e. The van der Waals surface area contributed by atoms with Crippen molar-refractivity contribution < 1.29 is 27.6 Å². The maximum Gasteiger partial charge on any atom is 0.293 e. The molecule has 2 aliphatic heterocycles. The molecule has 0 radical (unpaired) electrons. The van der Waals surface area contributed by atoms with Crippen molar-refractivity contribution in [3.8, 4) is 0 Å². The van der Waals surface area contributed by atoms with Crippen LogP contribution in [0.3, 0.4) is 0 Å². The number of halogens is 2. The number of hydrogen-bond donors (Lipinski definition) is 1. The molecular weight excluding hydrogens is 420 g/mol. The van der Waals surface area contributed by atoms with Crippen molar-refractivity contribution in [2.75, 3.05) is 19.8 Å². The van der Waals surface area contributed by atoms with Crippen molar-refractivity contribution in [1.29, 1.82) is 0 Å². The highest BCUT2D eigenvalue weighted by atomic mass is 19.1. The summed E-state index contributed by atoms with van der Waals surface area (Å²) in [6, 6.07) is 0.762. The molecule has 0 saturated carbocycles. The molecule has 2 saturated heterocycles. The van der Waals surface area contributed by atoms with Gasteiger partial charge in [-0.3, -0.25) is 9.59 Å². The second kappa shape index (κ2) is 8.61. The van der Waals surface area contributed by atoms with E-state index in [0.29, 0.717) is 37.4 Å². The molecule has 172 valence electrons. The molecule has 0 aliphatic carbocycles. The summed E-state index contributed by atoms with van der Waals surface area (Å²) in [7, 11) is 0. The summed E-state index contributed by atoms with van der Waals surface area (Å²) in [5.41, 5.74) is 1.53. The Hall–Kier alpha value is -2.81. The number of amides is 2. The van der Waals surface area contributed by atoms with E-state index in [1.165, 1.54) is 11.8 Å². The number of aromatic nitrogens is 1. The van der Waals surface area contributed by atoms with E-state index < -0.39 is 35.5 Å². The summed E-state index contributed by atoms with van der Waals surface area (Å²) in [5, 5.41) is 6.71. The van der Waals surface area contributed by atoms with Crippen LogP contribution >= 0.6 is 0 Å². The minimum absolute atomic E-state index is 0.0837. The zero-order valence-corrected chi connectivity index (χ0v) is 18.6.